The molecule has 1 heterocycles. The Morgan fingerprint density at radius 2 is 2.17 bits per heavy atom. The molecular weight excluding hydrogens is 308 g/mol. The van der Waals surface area contributed by atoms with Crippen LogP contribution in [-0.2, 0) is 11.2 Å². The highest BCUT2D eigenvalue weighted by Crippen LogP contribution is 2.32. The molecule has 4 heteroatoms. The number of piperidine rings is 1. The van der Waals surface area contributed by atoms with E-state index in [1.165, 1.54) is 30.4 Å². The summed E-state index contributed by atoms with van der Waals surface area (Å²) in [5.74, 6) is 1.87. The summed E-state index contributed by atoms with van der Waals surface area (Å²) >= 11 is 0. The van der Waals surface area contributed by atoms with Crippen molar-refractivity contribution in [1.29, 1.82) is 0 Å². The summed E-state index contributed by atoms with van der Waals surface area (Å²) in [6.07, 6.45) is 5.50. The standard InChI is InChI=1S/C19H28N2O.ClH/c1-14(16-6-4-10-20-12-16)11-19(22)21-13-17-9-8-15-5-2-3-7-18(15)17;/h2-3,5,7,14,16-17,20H,4,6,8-13H2,1H3,(H,21,22);1H. The molecule has 23 heavy (non-hydrogen) atoms. The Balaban J connectivity index is 0.00000192. The van der Waals surface area contributed by atoms with Crippen LogP contribution in [0, 0.1) is 11.8 Å². The number of benzene rings is 1. The van der Waals surface area contributed by atoms with Crippen LogP contribution >= 0.6 is 12.4 Å². The van der Waals surface area contributed by atoms with Gasteiger partial charge in [-0.3, -0.25) is 4.79 Å². The smallest absolute Gasteiger partial charge is 0.220 e. The van der Waals surface area contributed by atoms with E-state index in [0.717, 1.165) is 26.1 Å². The fourth-order valence-electron chi connectivity index (χ4n) is 3.99. The van der Waals surface area contributed by atoms with Gasteiger partial charge in [0, 0.05) is 18.9 Å². The first-order chi connectivity index (χ1) is 10.7. The van der Waals surface area contributed by atoms with Crippen molar-refractivity contribution in [2.24, 2.45) is 11.8 Å². The third kappa shape index (κ3) is 4.71. The van der Waals surface area contributed by atoms with Gasteiger partial charge in [-0.05, 0) is 61.7 Å². The number of rotatable bonds is 5. The lowest BCUT2D eigenvalue weighted by molar-refractivity contribution is -0.122. The quantitative estimate of drug-likeness (QED) is 0.866. The van der Waals surface area contributed by atoms with Crippen LogP contribution in [0.3, 0.4) is 0 Å². The van der Waals surface area contributed by atoms with E-state index in [9.17, 15) is 4.79 Å². The van der Waals surface area contributed by atoms with Crippen molar-refractivity contribution >= 4 is 18.3 Å². The van der Waals surface area contributed by atoms with Crippen LogP contribution < -0.4 is 10.6 Å². The van der Waals surface area contributed by atoms with Crippen LogP contribution in [0.5, 0.6) is 0 Å². The topological polar surface area (TPSA) is 41.1 Å². The molecule has 0 radical (unpaired) electrons. The van der Waals surface area contributed by atoms with Crippen LogP contribution in [0.15, 0.2) is 24.3 Å². The summed E-state index contributed by atoms with van der Waals surface area (Å²) < 4.78 is 0. The average molecular weight is 337 g/mol. The summed E-state index contributed by atoms with van der Waals surface area (Å²) in [6, 6.07) is 8.65. The second-order valence-corrected chi connectivity index (χ2v) is 7.03. The SMILES string of the molecule is CC(CC(=O)NCC1CCc2ccccc21)C1CCCNC1.Cl. The molecule has 3 atom stereocenters. The normalized spacial score (nSPS) is 24.4. The summed E-state index contributed by atoms with van der Waals surface area (Å²) in [5.41, 5.74) is 2.90. The van der Waals surface area contributed by atoms with E-state index in [4.69, 9.17) is 0 Å². The lowest BCUT2D eigenvalue weighted by atomic mass is 9.85. The molecule has 2 N–H and O–H groups in total. The molecule has 0 saturated carbocycles. The van der Waals surface area contributed by atoms with Gasteiger partial charge in [0.2, 0.25) is 5.91 Å². The summed E-state index contributed by atoms with van der Waals surface area (Å²) in [4.78, 5) is 12.2. The fourth-order valence-corrected chi connectivity index (χ4v) is 3.99. The molecular formula is C19H29ClN2O. The zero-order valence-electron chi connectivity index (χ0n) is 14.0. The Bertz CT molecular complexity index is 514. The van der Waals surface area contributed by atoms with Gasteiger partial charge < -0.3 is 10.6 Å². The number of aryl methyl sites for hydroxylation is 1. The molecule has 1 fully saturated rings. The van der Waals surface area contributed by atoms with Gasteiger partial charge in [-0.15, -0.1) is 12.4 Å². The Kier molecular flexibility index (Phi) is 6.91. The third-order valence-corrected chi connectivity index (χ3v) is 5.45. The Hall–Kier alpha value is -1.06. The second-order valence-electron chi connectivity index (χ2n) is 7.03. The third-order valence-electron chi connectivity index (χ3n) is 5.45. The van der Waals surface area contributed by atoms with Gasteiger partial charge in [0.25, 0.3) is 0 Å². The van der Waals surface area contributed by atoms with E-state index in [2.05, 4.69) is 41.8 Å². The van der Waals surface area contributed by atoms with Crippen LogP contribution in [0.2, 0.25) is 0 Å². The molecule has 2 aliphatic rings. The second kappa shape index (κ2) is 8.70. The largest absolute Gasteiger partial charge is 0.355 e. The van der Waals surface area contributed by atoms with Crippen LogP contribution in [-0.4, -0.2) is 25.5 Å². The minimum absolute atomic E-state index is 0. The molecule has 1 aliphatic heterocycles. The fraction of sp³-hybridized carbons (Fsp3) is 0.632. The number of amides is 1. The zero-order valence-corrected chi connectivity index (χ0v) is 14.8. The van der Waals surface area contributed by atoms with E-state index < -0.39 is 0 Å². The molecule has 128 valence electrons. The van der Waals surface area contributed by atoms with Gasteiger partial charge in [-0.1, -0.05) is 31.2 Å². The molecule has 1 amide bonds. The van der Waals surface area contributed by atoms with E-state index >= 15 is 0 Å². The van der Waals surface area contributed by atoms with Gasteiger partial charge in [-0.25, -0.2) is 0 Å². The molecule has 1 aliphatic carbocycles. The maximum atomic E-state index is 12.2. The molecule has 0 aromatic heterocycles. The van der Waals surface area contributed by atoms with Gasteiger partial charge in [0.1, 0.15) is 0 Å². The Morgan fingerprint density at radius 3 is 2.96 bits per heavy atom. The molecule has 3 rings (SSSR count). The molecule has 1 saturated heterocycles. The highest BCUT2D eigenvalue weighted by Gasteiger charge is 2.24. The summed E-state index contributed by atoms with van der Waals surface area (Å²) in [7, 11) is 0. The maximum absolute atomic E-state index is 12.2. The molecule has 1 aromatic carbocycles. The van der Waals surface area contributed by atoms with Gasteiger partial charge >= 0.3 is 0 Å². The van der Waals surface area contributed by atoms with Gasteiger partial charge in [-0.2, -0.15) is 0 Å². The predicted octanol–water partition coefficient (Wildman–Crippen LogP) is 3.28. The number of fused-ring (bicyclic) bond motifs is 1. The van der Waals surface area contributed by atoms with Gasteiger partial charge in [0.05, 0.1) is 0 Å². The number of carbonyl (C=O) groups is 1. The van der Waals surface area contributed by atoms with Crippen molar-refractivity contribution in [3.05, 3.63) is 35.4 Å². The highest BCUT2D eigenvalue weighted by molar-refractivity contribution is 5.85. The molecule has 0 spiro atoms. The maximum Gasteiger partial charge on any atom is 0.220 e. The van der Waals surface area contributed by atoms with Crippen LogP contribution in [0.25, 0.3) is 0 Å². The van der Waals surface area contributed by atoms with Crippen LogP contribution in [0.1, 0.15) is 49.7 Å². The lowest BCUT2D eigenvalue weighted by Crippen LogP contribution is -2.36. The van der Waals surface area contributed by atoms with Crippen molar-refractivity contribution in [2.45, 2.75) is 44.9 Å². The van der Waals surface area contributed by atoms with Crippen molar-refractivity contribution < 1.29 is 4.79 Å². The van der Waals surface area contributed by atoms with E-state index in [-0.39, 0.29) is 18.3 Å². The number of hydrogen-bond donors (Lipinski definition) is 2. The highest BCUT2D eigenvalue weighted by atomic mass is 35.5. The molecule has 3 unspecified atom stereocenters. The molecule has 3 nitrogen and oxygen atoms in total. The molecule has 1 aromatic rings. The first-order valence-electron chi connectivity index (χ1n) is 8.79. The first kappa shape index (κ1) is 18.3. The zero-order chi connectivity index (χ0) is 15.4. The number of hydrogen-bond acceptors (Lipinski definition) is 2. The molecule has 0 bridgehead atoms. The predicted molar refractivity (Wildman–Crippen MR) is 97.1 cm³/mol. The average Bonchev–Trinajstić information content (AvgIpc) is 2.97. The first-order valence-corrected chi connectivity index (χ1v) is 8.79. The van der Waals surface area contributed by atoms with Crippen molar-refractivity contribution in [2.75, 3.05) is 19.6 Å². The summed E-state index contributed by atoms with van der Waals surface area (Å²) in [6.45, 7) is 5.23. The Morgan fingerprint density at radius 1 is 1.35 bits per heavy atom. The Labute approximate surface area is 146 Å². The number of carbonyl (C=O) groups excluding carboxylic acids is 1. The lowest BCUT2D eigenvalue weighted by Gasteiger charge is -2.28. The van der Waals surface area contributed by atoms with Crippen molar-refractivity contribution in [3.63, 3.8) is 0 Å². The van der Waals surface area contributed by atoms with Crippen LogP contribution in [0.4, 0.5) is 0 Å². The van der Waals surface area contributed by atoms with E-state index in [1.54, 1.807) is 0 Å². The minimum atomic E-state index is 0. The number of halogens is 1. The van der Waals surface area contributed by atoms with E-state index in [0.29, 0.717) is 24.2 Å². The summed E-state index contributed by atoms with van der Waals surface area (Å²) in [5, 5.41) is 6.62. The monoisotopic (exact) mass is 336 g/mol. The van der Waals surface area contributed by atoms with Crippen molar-refractivity contribution in [3.8, 4) is 0 Å². The van der Waals surface area contributed by atoms with Gasteiger partial charge in [0.15, 0.2) is 0 Å². The minimum Gasteiger partial charge on any atom is -0.355 e. The van der Waals surface area contributed by atoms with E-state index in [1.807, 2.05) is 0 Å². The number of nitrogens with one attached hydrogen (secondary N) is 2. The van der Waals surface area contributed by atoms with Crippen molar-refractivity contribution in [1.82, 2.24) is 10.6 Å².